The fourth-order valence-electron chi connectivity index (χ4n) is 2.10. The molecule has 0 bridgehead atoms. The van der Waals surface area contributed by atoms with Crippen LogP contribution in [0.5, 0.6) is 0 Å². The van der Waals surface area contributed by atoms with Gasteiger partial charge in [0.15, 0.2) is 0 Å². The number of carbonyl (C=O) groups is 1. The second-order valence-electron chi connectivity index (χ2n) is 4.24. The molecular weight excluding hydrogens is 228 g/mol. The summed E-state index contributed by atoms with van der Waals surface area (Å²) < 4.78 is 0. The van der Waals surface area contributed by atoms with Crippen LogP contribution in [0.3, 0.4) is 0 Å². The maximum atomic E-state index is 11.1. The summed E-state index contributed by atoms with van der Waals surface area (Å²) in [7, 11) is 0. The van der Waals surface area contributed by atoms with E-state index in [1.807, 2.05) is 6.92 Å². The predicted molar refractivity (Wildman–Crippen MR) is 66.6 cm³/mol. The van der Waals surface area contributed by atoms with E-state index in [0.29, 0.717) is 11.1 Å². The Balaban J connectivity index is 3.26. The van der Waals surface area contributed by atoms with E-state index in [9.17, 15) is 10.1 Å². The highest BCUT2D eigenvalue weighted by Gasteiger charge is 2.19. The van der Waals surface area contributed by atoms with Crippen molar-refractivity contribution in [3.05, 3.63) is 22.4 Å². The number of allylic oxidation sites excluding steroid dienone is 3. The largest absolute Gasteiger partial charge is 0.374 e. The average molecular weight is 244 g/mol. The van der Waals surface area contributed by atoms with E-state index in [2.05, 4.69) is 11.0 Å². The monoisotopic (exact) mass is 244 g/mol. The smallest absolute Gasteiger partial charge is 0.259 e. The van der Waals surface area contributed by atoms with Gasteiger partial charge in [-0.25, -0.2) is 0 Å². The molecule has 1 saturated heterocycles. The summed E-state index contributed by atoms with van der Waals surface area (Å²) in [6.07, 6.45) is 2.19. The molecule has 1 heterocycles. The molecule has 2 N–H and O–H groups in total. The zero-order chi connectivity index (χ0) is 13.7. The Kier molecular flexibility index (Phi) is 4.51. The van der Waals surface area contributed by atoms with E-state index in [-0.39, 0.29) is 5.57 Å². The summed E-state index contributed by atoms with van der Waals surface area (Å²) in [5.41, 5.74) is 6.51. The summed E-state index contributed by atoms with van der Waals surface area (Å²) >= 11 is 0. The topological polar surface area (TPSA) is 93.9 Å². The lowest BCUT2D eigenvalue weighted by Crippen LogP contribution is -2.20. The minimum absolute atomic E-state index is 0.148. The highest BCUT2D eigenvalue weighted by atomic mass is 16.1. The highest BCUT2D eigenvalue weighted by Crippen LogP contribution is 2.23. The van der Waals surface area contributed by atoms with E-state index < -0.39 is 5.91 Å². The van der Waals surface area contributed by atoms with Gasteiger partial charge in [0.1, 0.15) is 17.7 Å². The van der Waals surface area contributed by atoms with Crippen molar-refractivity contribution in [3.63, 3.8) is 0 Å². The molecule has 18 heavy (non-hydrogen) atoms. The second kappa shape index (κ2) is 5.88. The Morgan fingerprint density at radius 3 is 2.00 bits per heavy atom. The first-order valence-corrected chi connectivity index (χ1v) is 5.80. The molecule has 5 nitrogen and oxygen atoms in total. The van der Waals surface area contributed by atoms with Crippen molar-refractivity contribution >= 4 is 5.91 Å². The molecule has 1 aliphatic heterocycles. The zero-order valence-corrected chi connectivity index (χ0v) is 10.7. The van der Waals surface area contributed by atoms with E-state index in [4.69, 9.17) is 11.0 Å². The van der Waals surface area contributed by atoms with Gasteiger partial charge >= 0.3 is 0 Å². The Labute approximate surface area is 107 Å². The van der Waals surface area contributed by atoms with Crippen LogP contribution in [0.2, 0.25) is 0 Å². The molecule has 94 valence electrons. The van der Waals surface area contributed by atoms with Gasteiger partial charge in [0, 0.05) is 18.8 Å². The van der Waals surface area contributed by atoms with Crippen LogP contribution >= 0.6 is 0 Å². The highest BCUT2D eigenvalue weighted by molar-refractivity contribution is 5.97. The molecule has 1 aliphatic rings. The molecular formula is C13H16N4O. The number of nitrogens with two attached hydrogens (primary N) is 1. The van der Waals surface area contributed by atoms with Gasteiger partial charge in [0.05, 0.1) is 5.57 Å². The Hall–Kier alpha value is -2.27. The predicted octanol–water partition coefficient (Wildman–Crippen LogP) is 1.21. The van der Waals surface area contributed by atoms with Crippen molar-refractivity contribution in [1.29, 1.82) is 10.5 Å². The molecule has 0 aromatic carbocycles. The molecule has 1 fully saturated rings. The molecule has 0 aromatic rings. The SMILES string of the molecule is CC(=C(\C#N)C(N)=O)/C(C#N)=C(\C)N1CCCC1. The Morgan fingerprint density at radius 1 is 1.11 bits per heavy atom. The number of likely N-dealkylation sites (tertiary alicyclic amines) is 1. The quantitative estimate of drug-likeness (QED) is 0.458. The average Bonchev–Trinajstić information content (AvgIpc) is 2.83. The number of rotatable bonds is 3. The van der Waals surface area contributed by atoms with Crippen LogP contribution in [-0.4, -0.2) is 23.9 Å². The van der Waals surface area contributed by atoms with Crippen LogP contribution in [0.4, 0.5) is 0 Å². The van der Waals surface area contributed by atoms with Crippen LogP contribution in [-0.2, 0) is 4.79 Å². The first kappa shape index (κ1) is 13.8. The number of carbonyl (C=O) groups excluding carboxylic acids is 1. The first-order chi connectivity index (χ1) is 8.52. The van der Waals surface area contributed by atoms with Crippen LogP contribution in [0, 0.1) is 22.7 Å². The molecule has 0 unspecified atom stereocenters. The molecule has 0 atom stereocenters. The van der Waals surface area contributed by atoms with Gasteiger partial charge < -0.3 is 10.6 Å². The summed E-state index contributed by atoms with van der Waals surface area (Å²) in [6.45, 7) is 5.23. The maximum Gasteiger partial charge on any atom is 0.259 e. The number of primary amides is 1. The molecule has 0 aromatic heterocycles. The number of hydrogen-bond donors (Lipinski definition) is 1. The van der Waals surface area contributed by atoms with Gasteiger partial charge in [0.25, 0.3) is 5.91 Å². The molecule has 0 radical (unpaired) electrons. The van der Waals surface area contributed by atoms with Gasteiger partial charge in [0.2, 0.25) is 0 Å². The lowest BCUT2D eigenvalue weighted by molar-refractivity contribution is -0.114. The summed E-state index contributed by atoms with van der Waals surface area (Å²) in [6, 6.07) is 3.83. The van der Waals surface area contributed by atoms with Gasteiger partial charge in [-0.05, 0) is 32.3 Å². The van der Waals surface area contributed by atoms with E-state index >= 15 is 0 Å². The number of nitriles is 2. The van der Waals surface area contributed by atoms with Gasteiger partial charge in [-0.15, -0.1) is 0 Å². The second-order valence-corrected chi connectivity index (χ2v) is 4.24. The fraction of sp³-hybridized carbons (Fsp3) is 0.462. The van der Waals surface area contributed by atoms with E-state index in [0.717, 1.165) is 31.6 Å². The van der Waals surface area contributed by atoms with Gasteiger partial charge in [-0.1, -0.05) is 0 Å². The molecule has 1 rings (SSSR count). The third kappa shape index (κ3) is 2.70. The third-order valence-corrected chi connectivity index (χ3v) is 3.16. The van der Waals surface area contributed by atoms with Crippen molar-refractivity contribution in [3.8, 4) is 12.1 Å². The van der Waals surface area contributed by atoms with Gasteiger partial charge in [-0.3, -0.25) is 4.79 Å². The minimum atomic E-state index is -0.794. The maximum absolute atomic E-state index is 11.1. The van der Waals surface area contributed by atoms with Crippen LogP contribution in [0.25, 0.3) is 0 Å². The summed E-state index contributed by atoms with van der Waals surface area (Å²) in [5.74, 6) is -0.794. The molecule has 0 spiro atoms. The number of nitrogens with zero attached hydrogens (tertiary/aromatic N) is 3. The van der Waals surface area contributed by atoms with Crippen LogP contribution in [0.15, 0.2) is 22.4 Å². The standard InChI is InChI=1S/C13H16N4O/c1-9(12(8-15)13(16)18)11(7-14)10(2)17-5-3-4-6-17/h3-6H2,1-2H3,(H2,16,18)/b11-10+,12-9-. The normalized spacial score (nSPS) is 17.4. The minimum Gasteiger partial charge on any atom is -0.374 e. The van der Waals surface area contributed by atoms with Crippen molar-refractivity contribution in [2.45, 2.75) is 26.7 Å². The van der Waals surface area contributed by atoms with Crippen molar-refractivity contribution in [2.75, 3.05) is 13.1 Å². The van der Waals surface area contributed by atoms with E-state index in [1.54, 1.807) is 13.0 Å². The Bertz CT molecular complexity index is 496. The van der Waals surface area contributed by atoms with Crippen LogP contribution in [0.1, 0.15) is 26.7 Å². The van der Waals surface area contributed by atoms with Crippen LogP contribution < -0.4 is 5.73 Å². The number of amides is 1. The van der Waals surface area contributed by atoms with Crippen molar-refractivity contribution in [1.82, 2.24) is 4.90 Å². The molecule has 5 heteroatoms. The molecule has 1 amide bonds. The van der Waals surface area contributed by atoms with Gasteiger partial charge in [-0.2, -0.15) is 10.5 Å². The zero-order valence-electron chi connectivity index (χ0n) is 10.7. The lowest BCUT2D eigenvalue weighted by atomic mass is 10.0. The van der Waals surface area contributed by atoms with E-state index in [1.165, 1.54) is 0 Å². The third-order valence-electron chi connectivity index (χ3n) is 3.16. The molecule has 0 saturated carbocycles. The van der Waals surface area contributed by atoms with Crippen molar-refractivity contribution in [2.24, 2.45) is 5.73 Å². The molecule has 0 aliphatic carbocycles. The summed E-state index contributed by atoms with van der Waals surface area (Å²) in [4.78, 5) is 13.2. The first-order valence-electron chi connectivity index (χ1n) is 5.80. The Morgan fingerprint density at radius 2 is 1.61 bits per heavy atom. The summed E-state index contributed by atoms with van der Waals surface area (Å²) in [5, 5.41) is 18.1. The van der Waals surface area contributed by atoms with Crippen molar-refractivity contribution < 1.29 is 4.79 Å². The lowest BCUT2D eigenvalue weighted by Gasteiger charge is -2.20. The fourth-order valence-corrected chi connectivity index (χ4v) is 2.10. The number of hydrogen-bond acceptors (Lipinski definition) is 4.